The van der Waals surface area contributed by atoms with E-state index in [1.165, 1.54) is 22.3 Å². The zero-order chi connectivity index (χ0) is 34.0. The molecule has 4 aliphatic rings. The minimum absolute atomic E-state index is 0. The van der Waals surface area contributed by atoms with Crippen LogP contribution >= 0.6 is 25.3 Å². The summed E-state index contributed by atoms with van der Waals surface area (Å²) < 4.78 is 30.3. The fourth-order valence-electron chi connectivity index (χ4n) is 9.62. The molecular weight excluding hydrogens is 643 g/mol. The molecule has 2 aliphatic carbocycles. The summed E-state index contributed by atoms with van der Waals surface area (Å²) in [7, 11) is 0. The zero-order valence-corrected chi connectivity index (χ0v) is 30.8. The van der Waals surface area contributed by atoms with Gasteiger partial charge in [0.25, 0.3) is 0 Å². The standard InChI is InChI=1S/C42H48BO4S2/c1-27-9-5-13-31(21-27)39-41(35-17-19-37(48)25-35,33-15-7-11-29(3)23-33)46-43(44-39)45-40(32-14-6-10-28(2)22-32)42(47-43,36-18-20-38(49)26-36)34-16-8-12-30(4)24-34/h5-16,21-24,35-40,48-49H,17-20,25-26H2,1-4H3/q-1/p+1. The Kier molecular flexibility index (Phi) is 8.86. The number of thiol groups is 2. The van der Waals surface area contributed by atoms with Gasteiger partial charge in [-0.3, -0.25) is 0 Å². The molecule has 0 N–H and O–H groups in total. The third-order valence-electron chi connectivity index (χ3n) is 11.7. The quantitative estimate of drug-likeness (QED) is 0.156. The molecule has 8 unspecified atom stereocenters. The second-order valence-electron chi connectivity index (χ2n) is 15.3. The maximum atomic E-state index is 7.70. The van der Waals surface area contributed by atoms with E-state index >= 15 is 0 Å². The average Bonchev–Trinajstić information content (AvgIpc) is 3.86. The van der Waals surface area contributed by atoms with E-state index in [0.29, 0.717) is 10.5 Å². The SMILES string of the molecule is Cc1cccc(C2O[B-]3(OC(c4cccc(C)c4)C(c4cccc(C)c4)(C4CCC(S)C4)O3)OC2(c2cccc(C)c2)C2CCC(S)C2)c1.[H+]. The Morgan fingerprint density at radius 3 is 1.29 bits per heavy atom. The van der Waals surface area contributed by atoms with E-state index in [4.69, 9.17) is 43.9 Å². The molecule has 4 aromatic carbocycles. The molecule has 49 heavy (non-hydrogen) atoms. The molecule has 2 aliphatic heterocycles. The van der Waals surface area contributed by atoms with E-state index in [9.17, 15) is 0 Å². The summed E-state index contributed by atoms with van der Waals surface area (Å²) in [6, 6.07) is 34.9. The Balaban J connectivity index is 0.00000392. The summed E-state index contributed by atoms with van der Waals surface area (Å²) in [5, 5.41) is 0.584. The second-order valence-corrected chi connectivity index (χ2v) is 16.8. The first-order valence-electron chi connectivity index (χ1n) is 18.1. The van der Waals surface area contributed by atoms with Gasteiger partial charge in [-0.1, -0.05) is 119 Å². The van der Waals surface area contributed by atoms with Crippen molar-refractivity contribution in [3.8, 4) is 0 Å². The molecule has 8 atom stereocenters. The molecule has 0 bridgehead atoms. The van der Waals surface area contributed by atoms with E-state index in [1.54, 1.807) is 0 Å². The number of aryl methyl sites for hydroxylation is 4. The van der Waals surface area contributed by atoms with Gasteiger partial charge < -0.3 is 18.6 Å². The third kappa shape index (κ3) is 5.83. The minimum atomic E-state index is -2.72. The van der Waals surface area contributed by atoms with Crippen molar-refractivity contribution in [2.45, 2.75) is 100 Å². The lowest BCUT2D eigenvalue weighted by atomic mass is 9.73. The topological polar surface area (TPSA) is 36.9 Å². The normalized spacial score (nSPS) is 35.8. The molecule has 8 rings (SSSR count). The lowest BCUT2D eigenvalue weighted by Gasteiger charge is -2.45. The van der Waals surface area contributed by atoms with Crippen molar-refractivity contribution in [3.63, 3.8) is 0 Å². The second kappa shape index (κ2) is 12.9. The first-order valence-corrected chi connectivity index (χ1v) is 19.2. The highest BCUT2D eigenvalue weighted by atomic mass is 32.1. The summed E-state index contributed by atoms with van der Waals surface area (Å²) in [5.41, 5.74) is 7.39. The van der Waals surface area contributed by atoms with E-state index in [-0.39, 0.29) is 13.3 Å². The molecule has 4 aromatic rings. The highest BCUT2D eigenvalue weighted by Crippen LogP contribution is 2.66. The van der Waals surface area contributed by atoms with Gasteiger partial charge in [0.1, 0.15) is 0 Å². The van der Waals surface area contributed by atoms with Crippen molar-refractivity contribution < 1.29 is 20.0 Å². The lowest BCUT2D eigenvalue weighted by Crippen LogP contribution is -2.47. The Hall–Kier alpha value is -2.52. The molecule has 256 valence electrons. The maximum Gasteiger partial charge on any atom is 1.00 e. The van der Waals surface area contributed by atoms with Crippen LogP contribution < -0.4 is 0 Å². The molecule has 2 saturated heterocycles. The monoisotopic (exact) mass is 692 g/mol. The maximum absolute atomic E-state index is 7.70. The largest absolute Gasteiger partial charge is 1.00 e. The summed E-state index contributed by atoms with van der Waals surface area (Å²) in [5.74, 6) is 0.297. The number of hydrogen-bond acceptors (Lipinski definition) is 6. The predicted molar refractivity (Wildman–Crippen MR) is 205 cm³/mol. The Labute approximate surface area is 304 Å². The van der Waals surface area contributed by atoms with Crippen LogP contribution in [-0.4, -0.2) is 17.5 Å². The van der Waals surface area contributed by atoms with E-state index < -0.39 is 30.4 Å². The molecule has 0 aromatic heterocycles. The number of benzene rings is 4. The van der Waals surface area contributed by atoms with Crippen molar-refractivity contribution in [2.24, 2.45) is 11.8 Å². The van der Waals surface area contributed by atoms with Crippen LogP contribution in [0.5, 0.6) is 0 Å². The first-order chi connectivity index (χ1) is 23.6. The van der Waals surface area contributed by atoms with Crippen LogP contribution in [0.1, 0.15) is 96.7 Å². The van der Waals surface area contributed by atoms with Crippen LogP contribution in [0.15, 0.2) is 97.1 Å². The van der Waals surface area contributed by atoms with Crippen molar-refractivity contribution >= 4 is 32.2 Å². The summed E-state index contributed by atoms with van der Waals surface area (Å²) in [6.45, 7) is 5.86. The third-order valence-corrected chi connectivity index (χ3v) is 12.7. The van der Waals surface area contributed by atoms with Crippen LogP contribution in [0.3, 0.4) is 0 Å². The van der Waals surface area contributed by atoms with Gasteiger partial charge in [-0.05, 0) is 100 Å². The van der Waals surface area contributed by atoms with Crippen LogP contribution in [0, 0.1) is 39.5 Å². The fourth-order valence-corrected chi connectivity index (χ4v) is 10.4. The molecule has 2 heterocycles. The summed E-state index contributed by atoms with van der Waals surface area (Å²) in [6.07, 6.45) is 4.94. The van der Waals surface area contributed by atoms with Gasteiger partial charge in [-0.25, -0.2) is 0 Å². The molecular formula is C42H49BO4S2. The van der Waals surface area contributed by atoms with E-state index in [1.807, 2.05) is 0 Å². The van der Waals surface area contributed by atoms with Crippen molar-refractivity contribution in [1.29, 1.82) is 0 Å². The van der Waals surface area contributed by atoms with Crippen molar-refractivity contribution in [1.82, 2.24) is 0 Å². The molecule has 2 saturated carbocycles. The zero-order valence-electron chi connectivity index (χ0n) is 30.0. The Bertz CT molecular complexity index is 1720. The van der Waals surface area contributed by atoms with Gasteiger partial charge in [-0.2, -0.15) is 25.3 Å². The lowest BCUT2D eigenvalue weighted by molar-refractivity contribution is -0.0524. The van der Waals surface area contributed by atoms with Crippen LogP contribution in [0.25, 0.3) is 0 Å². The average molecular weight is 693 g/mol. The highest BCUT2D eigenvalue weighted by molar-refractivity contribution is 7.81. The highest BCUT2D eigenvalue weighted by Gasteiger charge is 2.68. The van der Waals surface area contributed by atoms with Crippen LogP contribution in [0.4, 0.5) is 0 Å². The molecule has 0 radical (unpaired) electrons. The molecule has 0 amide bonds. The molecule has 4 fully saturated rings. The number of hydrogen-bond donors (Lipinski definition) is 2. The predicted octanol–water partition coefficient (Wildman–Crippen LogP) is 10.3. The summed E-state index contributed by atoms with van der Waals surface area (Å²) >= 11 is 10.0. The Morgan fingerprint density at radius 1 is 0.551 bits per heavy atom. The van der Waals surface area contributed by atoms with E-state index in [2.05, 4.69) is 125 Å². The first kappa shape index (κ1) is 33.6. The van der Waals surface area contributed by atoms with Gasteiger partial charge in [0.15, 0.2) is 0 Å². The summed E-state index contributed by atoms with van der Waals surface area (Å²) in [4.78, 5) is 0. The van der Waals surface area contributed by atoms with Crippen LogP contribution in [0.2, 0.25) is 0 Å². The smallest absolute Gasteiger partial charge is 0.510 e. The molecule has 4 nitrogen and oxygen atoms in total. The van der Waals surface area contributed by atoms with Gasteiger partial charge in [0, 0.05) is 10.5 Å². The van der Waals surface area contributed by atoms with E-state index in [0.717, 1.165) is 60.8 Å². The van der Waals surface area contributed by atoms with Gasteiger partial charge in [-0.15, -0.1) is 0 Å². The Morgan fingerprint density at radius 2 is 0.939 bits per heavy atom. The van der Waals surface area contributed by atoms with Crippen molar-refractivity contribution in [2.75, 3.05) is 0 Å². The molecule has 7 heteroatoms. The number of rotatable bonds is 6. The van der Waals surface area contributed by atoms with Gasteiger partial charge in [0.05, 0.1) is 23.4 Å². The van der Waals surface area contributed by atoms with Gasteiger partial charge in [0.2, 0.25) is 0 Å². The van der Waals surface area contributed by atoms with Crippen LogP contribution in [-0.2, 0) is 29.8 Å². The molecule has 1 spiro atoms. The fraction of sp³-hybridized carbons (Fsp3) is 0.429. The van der Waals surface area contributed by atoms with Crippen molar-refractivity contribution in [3.05, 3.63) is 142 Å². The minimum Gasteiger partial charge on any atom is -0.510 e. The van der Waals surface area contributed by atoms with Gasteiger partial charge >= 0.3 is 8.38 Å².